The van der Waals surface area contributed by atoms with E-state index in [1.165, 1.54) is 11.2 Å². The van der Waals surface area contributed by atoms with E-state index < -0.39 is 0 Å². The van der Waals surface area contributed by atoms with E-state index in [0.717, 1.165) is 11.3 Å². The zero-order valence-corrected chi connectivity index (χ0v) is 13.3. The van der Waals surface area contributed by atoms with Crippen LogP contribution < -0.4 is 10.9 Å². The Morgan fingerprint density at radius 3 is 2.87 bits per heavy atom. The van der Waals surface area contributed by atoms with E-state index in [0.29, 0.717) is 17.6 Å². The molecule has 23 heavy (non-hydrogen) atoms. The second kappa shape index (κ2) is 7.45. The smallest absolute Gasteiger partial charge is 0.275 e. The van der Waals surface area contributed by atoms with E-state index in [-0.39, 0.29) is 18.2 Å². The van der Waals surface area contributed by atoms with Crippen LogP contribution in [0.5, 0.6) is 0 Å². The molecule has 6 nitrogen and oxygen atoms in total. The molecule has 0 saturated carbocycles. The number of aliphatic hydroxyl groups is 1. The van der Waals surface area contributed by atoms with Gasteiger partial charge in [-0.25, -0.2) is 4.98 Å². The Morgan fingerprint density at radius 1 is 1.26 bits per heavy atom. The van der Waals surface area contributed by atoms with Crippen molar-refractivity contribution in [1.29, 1.82) is 0 Å². The minimum Gasteiger partial charge on any atom is -0.395 e. The van der Waals surface area contributed by atoms with Crippen molar-refractivity contribution in [3.05, 3.63) is 58.8 Å². The van der Waals surface area contributed by atoms with Crippen molar-refractivity contribution < 1.29 is 5.11 Å². The van der Waals surface area contributed by atoms with Crippen molar-refractivity contribution in [3.63, 3.8) is 0 Å². The Morgan fingerprint density at radius 2 is 2.09 bits per heavy atom. The number of nitrogens with zero attached hydrogens (tertiary/aromatic N) is 1. The molecule has 1 atom stereocenters. The van der Waals surface area contributed by atoms with Crippen molar-refractivity contribution in [3.8, 4) is 0 Å². The molecule has 0 saturated heterocycles. The van der Waals surface area contributed by atoms with Crippen LogP contribution in [0.1, 0.15) is 5.56 Å². The highest BCUT2D eigenvalue weighted by molar-refractivity contribution is 7.99. The minimum absolute atomic E-state index is 0.0350. The number of nitrogens with one attached hydrogen (secondary N) is 3. The van der Waals surface area contributed by atoms with Gasteiger partial charge in [0.15, 0.2) is 0 Å². The number of hydrogen-bond acceptors (Lipinski definition) is 5. The quantitative estimate of drug-likeness (QED) is 0.493. The van der Waals surface area contributed by atoms with Gasteiger partial charge in [0.1, 0.15) is 5.52 Å². The van der Waals surface area contributed by atoms with Gasteiger partial charge >= 0.3 is 0 Å². The van der Waals surface area contributed by atoms with Crippen LogP contribution in [0.3, 0.4) is 0 Å². The van der Waals surface area contributed by atoms with Crippen LogP contribution in [0.2, 0.25) is 0 Å². The molecule has 1 unspecified atom stereocenters. The molecule has 0 bridgehead atoms. The summed E-state index contributed by atoms with van der Waals surface area (Å²) in [7, 11) is 0. The molecule has 0 aliphatic carbocycles. The number of aliphatic hydroxyl groups excluding tert-OH is 1. The van der Waals surface area contributed by atoms with Crippen LogP contribution in [0, 0.1) is 0 Å². The Hall–Kier alpha value is -2.09. The van der Waals surface area contributed by atoms with Crippen LogP contribution in [0.25, 0.3) is 11.0 Å². The van der Waals surface area contributed by atoms with E-state index >= 15 is 0 Å². The van der Waals surface area contributed by atoms with Crippen LogP contribution in [0.15, 0.2) is 52.5 Å². The lowest BCUT2D eigenvalue weighted by Gasteiger charge is -2.15. The van der Waals surface area contributed by atoms with Crippen LogP contribution in [-0.4, -0.2) is 38.5 Å². The zero-order chi connectivity index (χ0) is 16.1. The van der Waals surface area contributed by atoms with Gasteiger partial charge in [0.25, 0.3) is 5.56 Å². The number of rotatable bonds is 7. The largest absolute Gasteiger partial charge is 0.395 e. The predicted octanol–water partition coefficient (Wildman–Crippen LogP) is 1.49. The third kappa shape index (κ3) is 3.82. The van der Waals surface area contributed by atoms with Crippen LogP contribution >= 0.6 is 11.8 Å². The fourth-order valence-electron chi connectivity index (χ4n) is 2.28. The fraction of sp³-hybridized carbons (Fsp3) is 0.250. The molecule has 0 aliphatic heterocycles. The molecule has 0 radical (unpaired) electrons. The van der Waals surface area contributed by atoms with Crippen molar-refractivity contribution in [2.75, 3.05) is 12.4 Å². The molecule has 4 N–H and O–H groups in total. The fourth-order valence-corrected chi connectivity index (χ4v) is 3.25. The summed E-state index contributed by atoms with van der Waals surface area (Å²) in [5.74, 6) is 0.761. The number of H-pyrrole nitrogens is 2. The van der Waals surface area contributed by atoms with Gasteiger partial charge in [-0.3, -0.25) is 4.79 Å². The summed E-state index contributed by atoms with van der Waals surface area (Å²) in [4.78, 5) is 22.5. The number of benzene rings is 1. The maximum absolute atomic E-state index is 11.7. The molecular weight excluding hydrogens is 312 g/mol. The number of thioether (sulfide) groups is 1. The molecule has 0 amide bonds. The standard InChI is InChI=1S/C16H18N4O2S/c21-8-12(9-23-13-4-2-1-3-5-13)17-6-11-7-18-15-14(11)19-10-20-16(15)22/h1-5,7,10,12,17-18,21H,6,8-9H2,(H,19,20,22). The predicted molar refractivity (Wildman–Crippen MR) is 91.6 cm³/mol. The monoisotopic (exact) mass is 330 g/mol. The van der Waals surface area contributed by atoms with Gasteiger partial charge in [-0.2, -0.15) is 0 Å². The first-order valence-corrected chi connectivity index (χ1v) is 8.32. The summed E-state index contributed by atoms with van der Waals surface area (Å²) in [5.41, 5.74) is 1.87. The van der Waals surface area contributed by atoms with Gasteiger partial charge in [-0.1, -0.05) is 18.2 Å². The molecule has 3 rings (SSSR count). The topological polar surface area (TPSA) is 93.8 Å². The van der Waals surface area contributed by atoms with Crippen molar-refractivity contribution >= 4 is 22.8 Å². The average molecular weight is 330 g/mol. The molecule has 3 aromatic rings. The second-order valence-corrected chi connectivity index (χ2v) is 6.25. The molecule has 120 valence electrons. The summed E-state index contributed by atoms with van der Waals surface area (Å²) in [6.45, 7) is 0.591. The van der Waals surface area contributed by atoms with Gasteiger partial charge < -0.3 is 20.4 Å². The normalized spacial score (nSPS) is 12.6. The molecule has 1 aromatic carbocycles. The Balaban J connectivity index is 1.61. The van der Waals surface area contributed by atoms with Gasteiger partial charge in [0, 0.05) is 35.0 Å². The van der Waals surface area contributed by atoms with Gasteiger partial charge in [0.05, 0.1) is 18.5 Å². The second-order valence-electron chi connectivity index (χ2n) is 5.15. The van der Waals surface area contributed by atoms with Crippen molar-refractivity contribution in [2.45, 2.75) is 17.5 Å². The first-order chi connectivity index (χ1) is 11.3. The molecule has 0 aliphatic rings. The minimum atomic E-state index is -0.181. The van der Waals surface area contributed by atoms with E-state index in [1.807, 2.05) is 18.2 Å². The number of fused-ring (bicyclic) bond motifs is 1. The first-order valence-electron chi connectivity index (χ1n) is 7.33. The summed E-state index contributed by atoms with van der Waals surface area (Å²) < 4.78 is 0. The Bertz CT molecular complexity index is 816. The molecule has 7 heteroatoms. The molecule has 0 spiro atoms. The van der Waals surface area contributed by atoms with Crippen molar-refractivity contribution in [1.82, 2.24) is 20.3 Å². The highest BCUT2D eigenvalue weighted by Crippen LogP contribution is 2.18. The third-order valence-corrected chi connectivity index (χ3v) is 4.72. The zero-order valence-electron chi connectivity index (χ0n) is 12.5. The molecular formula is C16H18N4O2S. The first kappa shape index (κ1) is 15.8. The van der Waals surface area contributed by atoms with E-state index in [2.05, 4.69) is 32.4 Å². The SMILES string of the molecule is O=c1[nH]cnc2c(CNC(CO)CSc3ccccc3)c[nH]c12. The summed E-state index contributed by atoms with van der Waals surface area (Å²) in [6.07, 6.45) is 3.18. The lowest BCUT2D eigenvalue weighted by molar-refractivity contribution is 0.253. The lowest BCUT2D eigenvalue weighted by atomic mass is 10.2. The van der Waals surface area contributed by atoms with Gasteiger partial charge in [0.2, 0.25) is 0 Å². The maximum atomic E-state index is 11.7. The number of aromatic nitrogens is 3. The third-order valence-electron chi connectivity index (χ3n) is 3.54. The molecule has 0 fully saturated rings. The molecule has 2 aromatic heterocycles. The Labute approximate surface area is 137 Å². The van der Waals surface area contributed by atoms with Crippen LogP contribution in [0.4, 0.5) is 0 Å². The van der Waals surface area contributed by atoms with E-state index in [9.17, 15) is 9.90 Å². The van der Waals surface area contributed by atoms with Gasteiger partial charge in [-0.05, 0) is 12.1 Å². The number of aromatic amines is 2. The maximum Gasteiger partial charge on any atom is 0.275 e. The lowest BCUT2D eigenvalue weighted by Crippen LogP contribution is -2.34. The Kier molecular flexibility index (Phi) is 5.12. The van der Waals surface area contributed by atoms with Crippen LogP contribution in [-0.2, 0) is 6.54 Å². The highest BCUT2D eigenvalue weighted by Gasteiger charge is 2.11. The summed E-state index contributed by atoms with van der Waals surface area (Å²) in [5, 5.41) is 12.8. The summed E-state index contributed by atoms with van der Waals surface area (Å²) in [6, 6.07) is 10.0. The average Bonchev–Trinajstić information content (AvgIpc) is 3.01. The molecule has 2 heterocycles. The number of hydrogen-bond donors (Lipinski definition) is 4. The van der Waals surface area contributed by atoms with Crippen molar-refractivity contribution in [2.24, 2.45) is 0 Å². The van der Waals surface area contributed by atoms with E-state index in [1.54, 1.807) is 18.0 Å². The van der Waals surface area contributed by atoms with E-state index in [4.69, 9.17) is 0 Å². The van der Waals surface area contributed by atoms with Gasteiger partial charge in [-0.15, -0.1) is 11.8 Å². The summed E-state index contributed by atoms with van der Waals surface area (Å²) >= 11 is 1.70. The highest BCUT2D eigenvalue weighted by atomic mass is 32.2.